The molecule has 0 aliphatic heterocycles. The van der Waals surface area contributed by atoms with Gasteiger partial charge < -0.3 is 10.6 Å². The fourth-order valence-electron chi connectivity index (χ4n) is 2.65. The number of anilines is 1. The molecule has 1 saturated carbocycles. The molecule has 2 atom stereocenters. The number of carbonyl (C=O) groups excluding carboxylic acids is 2. The van der Waals surface area contributed by atoms with Gasteiger partial charge in [0.1, 0.15) is 0 Å². The zero-order chi connectivity index (χ0) is 18.0. The molecular weight excluding hydrogens is 359 g/mol. The third-order valence-electron chi connectivity index (χ3n) is 4.30. The van der Waals surface area contributed by atoms with Gasteiger partial charge in [-0.25, -0.2) is 0 Å². The summed E-state index contributed by atoms with van der Waals surface area (Å²) in [6.45, 7) is 2.32. The first-order valence-electron chi connectivity index (χ1n) is 8.03. The van der Waals surface area contributed by atoms with Crippen molar-refractivity contribution in [1.82, 2.24) is 5.32 Å². The number of benzene rings is 2. The van der Waals surface area contributed by atoms with Crippen molar-refractivity contribution in [1.29, 1.82) is 0 Å². The first-order chi connectivity index (χ1) is 11.9. The first kappa shape index (κ1) is 17.8. The van der Waals surface area contributed by atoms with Crippen molar-refractivity contribution in [3.05, 3.63) is 63.6 Å². The molecule has 1 aliphatic rings. The maximum absolute atomic E-state index is 12.3. The summed E-state index contributed by atoms with van der Waals surface area (Å²) in [5, 5.41) is 6.95. The Bertz CT molecular complexity index is 806. The molecule has 2 amide bonds. The van der Waals surface area contributed by atoms with Crippen LogP contribution in [0.5, 0.6) is 0 Å². The van der Waals surface area contributed by atoms with Crippen molar-refractivity contribution in [2.45, 2.75) is 19.9 Å². The maximum atomic E-state index is 12.3. The van der Waals surface area contributed by atoms with Crippen LogP contribution in [-0.2, 0) is 16.1 Å². The highest BCUT2D eigenvalue weighted by molar-refractivity contribution is 6.31. The zero-order valence-electron chi connectivity index (χ0n) is 13.7. The SMILES string of the molecule is Cc1ccc(Cl)cc1NC(=O)C1CC1C(=O)NCc1ccc(Cl)cc1. The monoisotopic (exact) mass is 376 g/mol. The Hall–Kier alpha value is -2.04. The van der Waals surface area contributed by atoms with Gasteiger partial charge in [-0.1, -0.05) is 41.4 Å². The van der Waals surface area contributed by atoms with Crippen LogP contribution in [0.2, 0.25) is 10.0 Å². The van der Waals surface area contributed by atoms with Gasteiger partial charge in [0.25, 0.3) is 0 Å². The third kappa shape index (κ3) is 4.53. The minimum atomic E-state index is -0.288. The van der Waals surface area contributed by atoms with Crippen LogP contribution in [0.1, 0.15) is 17.5 Å². The molecule has 2 aromatic rings. The molecule has 3 rings (SSSR count). The summed E-state index contributed by atoms with van der Waals surface area (Å²) in [6, 6.07) is 12.6. The molecule has 0 saturated heterocycles. The van der Waals surface area contributed by atoms with Crippen LogP contribution in [0.4, 0.5) is 5.69 Å². The summed E-state index contributed by atoms with van der Waals surface area (Å²) < 4.78 is 0. The molecule has 2 aromatic carbocycles. The highest BCUT2D eigenvalue weighted by Crippen LogP contribution is 2.39. The fraction of sp³-hybridized carbons (Fsp3) is 0.263. The number of hydrogen-bond acceptors (Lipinski definition) is 2. The van der Waals surface area contributed by atoms with Gasteiger partial charge in [0.2, 0.25) is 11.8 Å². The van der Waals surface area contributed by atoms with E-state index >= 15 is 0 Å². The van der Waals surface area contributed by atoms with E-state index in [4.69, 9.17) is 23.2 Å². The molecule has 0 bridgehead atoms. The van der Waals surface area contributed by atoms with Crippen LogP contribution in [0.25, 0.3) is 0 Å². The predicted octanol–water partition coefficient (Wildman–Crippen LogP) is 4.19. The van der Waals surface area contributed by atoms with Crippen LogP contribution in [0, 0.1) is 18.8 Å². The molecule has 25 heavy (non-hydrogen) atoms. The lowest BCUT2D eigenvalue weighted by atomic mass is 10.2. The second kappa shape index (κ2) is 7.46. The smallest absolute Gasteiger partial charge is 0.228 e. The first-order valence-corrected chi connectivity index (χ1v) is 8.79. The number of nitrogens with one attached hydrogen (secondary N) is 2. The van der Waals surface area contributed by atoms with E-state index < -0.39 is 0 Å². The Labute approximate surface area is 156 Å². The fourth-order valence-corrected chi connectivity index (χ4v) is 2.95. The number of rotatable bonds is 5. The largest absolute Gasteiger partial charge is 0.352 e. The molecule has 6 heteroatoms. The number of halogens is 2. The Balaban J connectivity index is 1.51. The molecule has 0 heterocycles. The normalized spacial score (nSPS) is 18.5. The number of hydrogen-bond donors (Lipinski definition) is 2. The third-order valence-corrected chi connectivity index (χ3v) is 4.79. The number of amides is 2. The molecule has 130 valence electrons. The van der Waals surface area contributed by atoms with Gasteiger partial charge in [0, 0.05) is 22.3 Å². The van der Waals surface area contributed by atoms with Gasteiger partial charge in [0.05, 0.1) is 11.8 Å². The molecule has 0 radical (unpaired) electrons. The number of carbonyl (C=O) groups is 2. The molecule has 1 aliphatic carbocycles. The van der Waals surface area contributed by atoms with E-state index in [9.17, 15) is 9.59 Å². The Morgan fingerprint density at radius 3 is 2.36 bits per heavy atom. The summed E-state index contributed by atoms with van der Waals surface area (Å²) >= 11 is 11.8. The maximum Gasteiger partial charge on any atom is 0.228 e. The Morgan fingerprint density at radius 1 is 1.00 bits per heavy atom. The molecule has 4 nitrogen and oxygen atoms in total. The lowest BCUT2D eigenvalue weighted by Gasteiger charge is -2.09. The van der Waals surface area contributed by atoms with Crippen LogP contribution < -0.4 is 10.6 Å². The predicted molar refractivity (Wildman–Crippen MR) is 99.7 cm³/mol. The minimum absolute atomic E-state index is 0.0992. The van der Waals surface area contributed by atoms with E-state index in [2.05, 4.69) is 10.6 Å². The van der Waals surface area contributed by atoms with Gasteiger partial charge in [-0.15, -0.1) is 0 Å². The summed E-state index contributed by atoms with van der Waals surface area (Å²) in [7, 11) is 0. The zero-order valence-corrected chi connectivity index (χ0v) is 15.2. The van der Waals surface area contributed by atoms with E-state index in [1.807, 2.05) is 25.1 Å². The average Bonchev–Trinajstić information content (AvgIpc) is 3.38. The minimum Gasteiger partial charge on any atom is -0.352 e. The standard InChI is InChI=1S/C19H18Cl2N2O2/c1-11-2-5-14(21)8-17(11)23-19(25)16-9-15(16)18(24)22-10-12-3-6-13(20)7-4-12/h2-8,15-16H,9-10H2,1H3,(H,22,24)(H,23,25). The second-order valence-electron chi connectivity index (χ2n) is 6.24. The highest BCUT2D eigenvalue weighted by Gasteiger charge is 2.47. The van der Waals surface area contributed by atoms with Crippen molar-refractivity contribution in [2.24, 2.45) is 11.8 Å². The van der Waals surface area contributed by atoms with Crippen LogP contribution in [-0.4, -0.2) is 11.8 Å². The van der Waals surface area contributed by atoms with Crippen LogP contribution in [0.3, 0.4) is 0 Å². The van der Waals surface area contributed by atoms with Gasteiger partial charge in [-0.3, -0.25) is 9.59 Å². The summed E-state index contributed by atoms with van der Waals surface area (Å²) in [5.74, 6) is -0.801. The lowest BCUT2D eigenvalue weighted by Crippen LogP contribution is -2.27. The van der Waals surface area contributed by atoms with Crippen molar-refractivity contribution < 1.29 is 9.59 Å². The van der Waals surface area contributed by atoms with E-state index in [1.54, 1.807) is 24.3 Å². The Kier molecular flexibility index (Phi) is 5.30. The van der Waals surface area contributed by atoms with E-state index in [1.165, 1.54) is 0 Å². The molecule has 0 spiro atoms. The molecule has 0 aromatic heterocycles. The van der Waals surface area contributed by atoms with Gasteiger partial charge in [-0.05, 0) is 48.7 Å². The number of aryl methyl sites for hydroxylation is 1. The molecule has 1 fully saturated rings. The van der Waals surface area contributed by atoms with Crippen LogP contribution in [0.15, 0.2) is 42.5 Å². The Morgan fingerprint density at radius 2 is 1.64 bits per heavy atom. The molecule has 2 unspecified atom stereocenters. The highest BCUT2D eigenvalue weighted by atomic mass is 35.5. The van der Waals surface area contributed by atoms with Gasteiger partial charge in [-0.2, -0.15) is 0 Å². The van der Waals surface area contributed by atoms with Gasteiger partial charge >= 0.3 is 0 Å². The van der Waals surface area contributed by atoms with Crippen molar-refractivity contribution >= 4 is 40.7 Å². The van der Waals surface area contributed by atoms with E-state index in [0.717, 1.165) is 11.1 Å². The molecular formula is C19H18Cl2N2O2. The molecule has 2 N–H and O–H groups in total. The quantitative estimate of drug-likeness (QED) is 0.821. The second-order valence-corrected chi connectivity index (χ2v) is 7.11. The summed E-state index contributed by atoms with van der Waals surface area (Å²) in [5.41, 5.74) is 2.58. The van der Waals surface area contributed by atoms with Gasteiger partial charge in [0.15, 0.2) is 0 Å². The summed E-state index contributed by atoms with van der Waals surface area (Å²) in [6.07, 6.45) is 0.567. The van der Waals surface area contributed by atoms with E-state index in [0.29, 0.717) is 28.7 Å². The van der Waals surface area contributed by atoms with Crippen molar-refractivity contribution in [3.8, 4) is 0 Å². The van der Waals surface area contributed by atoms with Crippen LogP contribution >= 0.6 is 23.2 Å². The lowest BCUT2D eigenvalue weighted by molar-refractivity contribution is -0.125. The van der Waals surface area contributed by atoms with Crippen molar-refractivity contribution in [2.75, 3.05) is 5.32 Å². The van der Waals surface area contributed by atoms with Crippen molar-refractivity contribution in [3.63, 3.8) is 0 Å². The topological polar surface area (TPSA) is 58.2 Å². The van der Waals surface area contributed by atoms with E-state index in [-0.39, 0.29) is 23.7 Å². The average molecular weight is 377 g/mol. The summed E-state index contributed by atoms with van der Waals surface area (Å²) in [4.78, 5) is 24.5.